The number of amides is 2. The van der Waals surface area contributed by atoms with Gasteiger partial charge in [0.05, 0.1) is 18.7 Å². The van der Waals surface area contributed by atoms with E-state index in [0.717, 1.165) is 35.4 Å². The molecular formula is C23H27FN4O4. The number of anilines is 1. The van der Waals surface area contributed by atoms with Crippen LogP contribution < -0.4 is 10.8 Å². The quantitative estimate of drug-likeness (QED) is 0.299. The number of H-pyrrole nitrogens is 1. The van der Waals surface area contributed by atoms with E-state index in [0.29, 0.717) is 29.9 Å². The van der Waals surface area contributed by atoms with Crippen molar-refractivity contribution >= 4 is 29.2 Å². The van der Waals surface area contributed by atoms with Crippen molar-refractivity contribution in [2.24, 2.45) is 0 Å². The van der Waals surface area contributed by atoms with Crippen LogP contribution in [0.25, 0.3) is 11.6 Å². The van der Waals surface area contributed by atoms with Gasteiger partial charge in [-0.15, -0.1) is 0 Å². The van der Waals surface area contributed by atoms with E-state index in [1.54, 1.807) is 17.0 Å². The molecule has 2 aliphatic heterocycles. The van der Waals surface area contributed by atoms with Gasteiger partial charge in [-0.25, -0.2) is 4.39 Å². The average molecular weight is 442 g/mol. The van der Waals surface area contributed by atoms with Crippen molar-refractivity contribution in [3.63, 3.8) is 0 Å². The Bertz CT molecular complexity index is 1070. The second-order valence-electron chi connectivity index (χ2n) is 8.15. The normalized spacial score (nSPS) is 17.7. The summed E-state index contributed by atoms with van der Waals surface area (Å²) < 4.78 is 13.7. The van der Waals surface area contributed by atoms with Gasteiger partial charge >= 0.3 is 0 Å². The van der Waals surface area contributed by atoms with Crippen LogP contribution in [0.5, 0.6) is 0 Å². The predicted molar refractivity (Wildman–Crippen MR) is 118 cm³/mol. The summed E-state index contributed by atoms with van der Waals surface area (Å²) >= 11 is 0. The number of aromatic amines is 1. The van der Waals surface area contributed by atoms with Crippen LogP contribution in [0.15, 0.2) is 18.2 Å². The van der Waals surface area contributed by atoms with E-state index in [9.17, 15) is 19.1 Å². The molecule has 0 radical (unpaired) electrons. The fraction of sp³-hybridized carbons (Fsp3) is 0.391. The Morgan fingerprint density at radius 1 is 1.34 bits per heavy atom. The molecular weight excluding hydrogens is 415 g/mol. The Kier molecular flexibility index (Phi) is 6.40. The molecule has 9 heteroatoms. The lowest BCUT2D eigenvalue weighted by atomic mass is 10.0. The Morgan fingerprint density at radius 3 is 2.84 bits per heavy atom. The number of carbonyl (C=O) groups excluding carboxylic acids is 2. The van der Waals surface area contributed by atoms with Gasteiger partial charge in [-0.05, 0) is 56.5 Å². The van der Waals surface area contributed by atoms with Crippen LogP contribution in [-0.2, 0) is 21.0 Å². The van der Waals surface area contributed by atoms with Gasteiger partial charge in [-0.1, -0.05) is 0 Å². The van der Waals surface area contributed by atoms with E-state index in [1.165, 1.54) is 12.1 Å². The number of fused-ring (bicyclic) bond motifs is 1. The lowest BCUT2D eigenvalue weighted by Gasteiger charge is -2.19. The zero-order chi connectivity index (χ0) is 22.8. The van der Waals surface area contributed by atoms with Crippen molar-refractivity contribution in [2.45, 2.75) is 39.4 Å². The molecule has 2 aliphatic rings. The summed E-state index contributed by atoms with van der Waals surface area (Å²) in [6.07, 6.45) is 2.49. The van der Waals surface area contributed by atoms with Crippen molar-refractivity contribution in [1.82, 2.24) is 15.4 Å². The number of hydroxylamine groups is 1. The number of nitrogens with one attached hydrogen (secondary N) is 3. The number of aliphatic hydroxyl groups is 1. The number of hydrogen-bond acceptors (Lipinski definition) is 5. The summed E-state index contributed by atoms with van der Waals surface area (Å²) in [5, 5.41) is 12.8. The molecule has 32 heavy (non-hydrogen) atoms. The monoisotopic (exact) mass is 442 g/mol. The minimum absolute atomic E-state index is 0.00270. The highest BCUT2D eigenvalue weighted by molar-refractivity contribution is 6.34. The number of aryl methyl sites for hydroxylation is 1. The largest absolute Gasteiger partial charge is 0.382 e. The van der Waals surface area contributed by atoms with Crippen LogP contribution in [0.1, 0.15) is 40.9 Å². The summed E-state index contributed by atoms with van der Waals surface area (Å²) in [7, 11) is 0. The molecule has 170 valence electrons. The second kappa shape index (κ2) is 9.23. The highest BCUT2D eigenvalue weighted by Crippen LogP contribution is 2.34. The molecule has 3 heterocycles. The first-order valence-electron chi connectivity index (χ1n) is 10.7. The van der Waals surface area contributed by atoms with Crippen LogP contribution in [0.4, 0.5) is 10.1 Å². The minimum Gasteiger partial charge on any atom is -0.382 e. The first kappa shape index (κ1) is 22.2. The Labute approximate surface area is 185 Å². The first-order valence-corrected chi connectivity index (χ1v) is 10.7. The smallest absolute Gasteiger partial charge is 0.256 e. The molecule has 0 bridgehead atoms. The number of rotatable bonds is 7. The third-order valence-electron chi connectivity index (χ3n) is 5.98. The Hall–Kier alpha value is -3.01. The fourth-order valence-corrected chi connectivity index (χ4v) is 4.12. The molecule has 1 aromatic heterocycles. The van der Waals surface area contributed by atoms with Gasteiger partial charge in [0.2, 0.25) is 0 Å². The van der Waals surface area contributed by atoms with Gasteiger partial charge in [0.1, 0.15) is 11.9 Å². The van der Waals surface area contributed by atoms with Gasteiger partial charge in [-0.3, -0.25) is 14.4 Å². The molecule has 2 amide bonds. The van der Waals surface area contributed by atoms with E-state index in [2.05, 4.69) is 15.8 Å². The zero-order valence-corrected chi connectivity index (χ0v) is 18.1. The Morgan fingerprint density at radius 2 is 2.09 bits per heavy atom. The van der Waals surface area contributed by atoms with Gasteiger partial charge in [0.15, 0.2) is 0 Å². The number of hydrogen-bond donors (Lipinski definition) is 4. The van der Waals surface area contributed by atoms with Crippen molar-refractivity contribution in [1.29, 1.82) is 0 Å². The molecule has 1 unspecified atom stereocenters. The standard InChI is InChI=1S/C23H27FN4O4/c1-13-18(12-32-25-11-21(29)23(31)28-7-3-4-8-28)14(2)26-20(13)10-17-16-9-15(24)5-6-19(16)27-22(17)30/h5-6,9-10,21,25-26,29H,3-4,7-8,11-12H2,1-2H3,(H,27,30)/b17-10-. The maximum atomic E-state index is 13.7. The second-order valence-corrected chi connectivity index (χ2v) is 8.15. The van der Waals surface area contributed by atoms with Crippen LogP contribution in [-0.4, -0.2) is 52.5 Å². The highest BCUT2D eigenvalue weighted by atomic mass is 19.1. The van der Waals surface area contributed by atoms with Crippen LogP contribution >= 0.6 is 0 Å². The summed E-state index contributed by atoms with van der Waals surface area (Å²) in [5.74, 6) is -0.974. The molecule has 1 fully saturated rings. The van der Waals surface area contributed by atoms with Gasteiger partial charge in [0.25, 0.3) is 11.8 Å². The van der Waals surface area contributed by atoms with Crippen molar-refractivity contribution < 1.29 is 23.9 Å². The van der Waals surface area contributed by atoms with Crippen molar-refractivity contribution in [2.75, 3.05) is 25.0 Å². The topological polar surface area (TPSA) is 107 Å². The maximum Gasteiger partial charge on any atom is 0.256 e. The van der Waals surface area contributed by atoms with E-state index in [4.69, 9.17) is 4.84 Å². The molecule has 0 aliphatic carbocycles. The summed E-state index contributed by atoms with van der Waals surface area (Å²) in [5.41, 5.74) is 7.54. The number of likely N-dealkylation sites (tertiary alicyclic amines) is 1. The molecule has 1 saturated heterocycles. The number of aromatic nitrogens is 1. The van der Waals surface area contributed by atoms with Crippen LogP contribution in [0.2, 0.25) is 0 Å². The number of aliphatic hydroxyl groups excluding tert-OH is 1. The molecule has 8 nitrogen and oxygen atoms in total. The maximum absolute atomic E-state index is 13.7. The molecule has 2 aromatic rings. The van der Waals surface area contributed by atoms with Crippen LogP contribution in [0.3, 0.4) is 0 Å². The molecule has 1 aromatic carbocycles. The molecule has 4 rings (SSSR count). The average Bonchev–Trinajstić information content (AvgIpc) is 3.46. The van der Waals surface area contributed by atoms with E-state index < -0.39 is 11.9 Å². The van der Waals surface area contributed by atoms with E-state index >= 15 is 0 Å². The predicted octanol–water partition coefficient (Wildman–Crippen LogP) is 2.27. The summed E-state index contributed by atoms with van der Waals surface area (Å²) in [6, 6.07) is 4.20. The van der Waals surface area contributed by atoms with Crippen LogP contribution in [0, 0.1) is 19.7 Å². The van der Waals surface area contributed by atoms with E-state index in [1.807, 2.05) is 13.8 Å². The third kappa shape index (κ3) is 4.45. The molecule has 1 atom stereocenters. The van der Waals surface area contributed by atoms with E-state index in [-0.39, 0.29) is 25.0 Å². The van der Waals surface area contributed by atoms with Gasteiger partial charge in [0, 0.05) is 41.3 Å². The number of nitrogens with zero attached hydrogens (tertiary/aromatic N) is 1. The first-order chi connectivity index (χ1) is 15.3. The highest BCUT2D eigenvalue weighted by Gasteiger charge is 2.26. The molecule has 4 N–H and O–H groups in total. The summed E-state index contributed by atoms with van der Waals surface area (Å²) in [6.45, 7) is 5.37. The minimum atomic E-state index is -1.15. The lowest BCUT2D eigenvalue weighted by Crippen LogP contribution is -2.42. The number of carbonyl (C=O) groups is 2. The SMILES string of the molecule is Cc1[nH]c(/C=C2\C(=O)Nc3ccc(F)cc32)c(C)c1CONCC(O)C(=O)N1CCCC1. The Balaban J connectivity index is 1.40. The third-order valence-corrected chi connectivity index (χ3v) is 5.98. The summed E-state index contributed by atoms with van der Waals surface area (Å²) in [4.78, 5) is 34.9. The molecule has 0 spiro atoms. The lowest BCUT2D eigenvalue weighted by molar-refractivity contribution is -0.140. The van der Waals surface area contributed by atoms with Gasteiger partial charge < -0.3 is 20.3 Å². The zero-order valence-electron chi connectivity index (χ0n) is 18.1. The van der Waals surface area contributed by atoms with Crippen molar-refractivity contribution in [3.8, 4) is 0 Å². The molecule has 0 saturated carbocycles. The fourth-order valence-electron chi connectivity index (χ4n) is 4.12. The number of benzene rings is 1. The van der Waals surface area contributed by atoms with Gasteiger partial charge in [-0.2, -0.15) is 5.48 Å². The number of halogens is 1. The van der Waals surface area contributed by atoms with Crippen molar-refractivity contribution in [3.05, 3.63) is 52.1 Å².